The van der Waals surface area contributed by atoms with Gasteiger partial charge in [-0.3, -0.25) is 58.4 Å². The first-order valence-electron chi connectivity index (χ1n) is 43.3. The van der Waals surface area contributed by atoms with Gasteiger partial charge in [-0.05, 0) is 155 Å². The fourth-order valence-corrected chi connectivity index (χ4v) is 15.4. The lowest BCUT2D eigenvalue weighted by Crippen LogP contribution is -2.61. The van der Waals surface area contributed by atoms with E-state index >= 15 is 28.8 Å². The standard InChI is InChI=1S/C94H122N18O17/c1-54(107(18)88(123)128-93(12,13)14)78(113)100-76(90(3,4)5)85(120)109-50-66-46-74(109)83(118)97-70(44-58-28-34-60-24-20-22-26-62(60)40-58)80(115)96-72(82(117)102-95)42-56-30-36-68(37-31-56)125-52-64-48-112(105-103-64)67-47-75(110(51-67)86(121)77(91(6,7)8)101-79(114)55(2)108(19)89(124)129-94(15,16)17)84(119)98-71(45-59-29-35-61-25-21-23-27-63(61)41-59)81(116)99-73(87(122)127-92(9,10)11)43-57-32-38-69(39-33-57)126-53-65-49-111(66)106-104-65/h20-41,48-49,54-55,66-67,70-77H,42-47,50-53,95H2,1-19H3,(H,96,115)(H,97,118)(H,98,119)(H,99,116)(H,100,113)(H,101,114)(H,102,117)/t54-,55-,66-,67-,70-,71-,72-,73-,74-,75-,76+,77+/m0/s1. The van der Waals surface area contributed by atoms with Crippen LogP contribution in [0.5, 0.6) is 11.5 Å². The maximum absolute atomic E-state index is 15.7. The maximum Gasteiger partial charge on any atom is 0.410 e. The molecule has 12 bridgehead atoms. The molecule has 0 aliphatic carbocycles. The summed E-state index contributed by atoms with van der Waals surface area (Å²) in [7, 11) is 2.81. The fourth-order valence-electron chi connectivity index (χ4n) is 15.4. The summed E-state index contributed by atoms with van der Waals surface area (Å²) in [5.41, 5.74) is 0.251. The number of nitrogens with zero attached hydrogens (tertiary/aromatic N) is 10. The van der Waals surface area contributed by atoms with E-state index in [2.05, 4.69) is 58.0 Å². The first kappa shape index (κ1) is 96.6. The molecule has 12 atom stereocenters. The third-order valence-corrected chi connectivity index (χ3v) is 22.7. The number of nitrogens with one attached hydrogen (secondary N) is 7. The van der Waals surface area contributed by atoms with Crippen LogP contribution < -0.4 is 52.6 Å². The molecule has 2 fully saturated rings. The smallest absolute Gasteiger partial charge is 0.410 e. The Balaban J connectivity index is 0.950. The van der Waals surface area contributed by atoms with Crippen molar-refractivity contribution in [1.82, 2.24) is 86.9 Å². The number of carbonyl (C=O) groups excluding carboxylic acids is 12. The number of fused-ring (bicyclic) bond motifs is 2. The number of rotatable bonds is 14. The third kappa shape index (κ3) is 25.5. The number of carbonyl (C=O) groups is 12. The number of hydrogen-bond donors (Lipinski definition) is 8. The van der Waals surface area contributed by atoms with Crippen LogP contribution in [0.1, 0.15) is 176 Å². The number of amides is 11. The summed E-state index contributed by atoms with van der Waals surface area (Å²) < 4.78 is 32.7. The zero-order chi connectivity index (χ0) is 94.1. The number of esters is 1. The van der Waals surface area contributed by atoms with E-state index in [0.29, 0.717) is 45.1 Å². The number of hydrogen-bond acceptors (Lipinski definition) is 22. The first-order chi connectivity index (χ1) is 60.5. The Labute approximate surface area is 751 Å². The Bertz CT molecular complexity index is 5430. The van der Waals surface area contributed by atoms with Gasteiger partial charge in [0.25, 0.3) is 5.91 Å². The van der Waals surface area contributed by atoms with Crippen LogP contribution in [0.3, 0.4) is 0 Å². The number of likely N-dealkylation sites (tertiary alicyclic amines) is 2. The molecule has 0 radical (unpaired) electrons. The minimum Gasteiger partial charge on any atom is -0.487 e. The minimum atomic E-state index is -1.43. The molecule has 6 aliphatic rings. The number of nitrogens with two attached hydrogens (primary N) is 1. The van der Waals surface area contributed by atoms with Crippen LogP contribution in [0.15, 0.2) is 146 Å². The monoisotopic (exact) mass is 1770 g/mol. The molecule has 129 heavy (non-hydrogen) atoms. The van der Waals surface area contributed by atoms with Crippen molar-refractivity contribution in [3.05, 3.63) is 179 Å². The first-order valence-corrected chi connectivity index (χ1v) is 43.3. The lowest BCUT2D eigenvalue weighted by atomic mass is 9.85. The summed E-state index contributed by atoms with van der Waals surface area (Å²) in [6, 6.07) is 25.0. The number of benzene rings is 6. The molecule has 6 aromatic carbocycles. The van der Waals surface area contributed by atoms with Gasteiger partial charge in [0.15, 0.2) is 0 Å². The van der Waals surface area contributed by atoms with Gasteiger partial charge in [-0.25, -0.2) is 29.6 Å². The average Bonchev–Trinajstić information content (AvgIpc) is 1.64. The van der Waals surface area contributed by atoms with Crippen LogP contribution in [-0.2, 0) is 101 Å². The number of ether oxygens (including phenoxy) is 5. The molecule has 8 aromatic rings. The fraction of sp³-hybridized carbons (Fsp3) is 0.489. The quantitative estimate of drug-likeness (QED) is 0.0169. The minimum absolute atomic E-state index is 0.0941. The van der Waals surface area contributed by atoms with Crippen molar-refractivity contribution < 1.29 is 81.2 Å². The molecule has 0 spiro atoms. The highest BCUT2D eigenvalue weighted by molar-refractivity contribution is 5.99. The van der Waals surface area contributed by atoms with Crippen LogP contribution in [0, 0.1) is 10.8 Å². The predicted molar refractivity (Wildman–Crippen MR) is 478 cm³/mol. The summed E-state index contributed by atoms with van der Waals surface area (Å²) in [4.78, 5) is 182. The highest BCUT2D eigenvalue weighted by atomic mass is 16.6. The zero-order valence-corrected chi connectivity index (χ0v) is 76.8. The van der Waals surface area contributed by atoms with Crippen molar-refractivity contribution in [3.63, 3.8) is 0 Å². The molecule has 2 aromatic heterocycles. The molecule has 0 saturated carbocycles. The zero-order valence-electron chi connectivity index (χ0n) is 76.8. The van der Waals surface area contributed by atoms with Gasteiger partial charge in [0.05, 0.1) is 24.5 Å². The molecule has 690 valence electrons. The SMILES string of the molecule is C[C@@H](C(=O)N[C@H](C(=O)N1C[C@@H]2C[C@H]1C(=O)N[C@@H](Cc1ccc3ccccc3c1)C(=O)N[C@H](C(=O)NN)Cc1ccc(cc1)OCc1cn(nn1)[C@H]1C[C@@H](C(=O)N[C@@H](Cc3ccc4ccccc4c3)C(=O)N[C@H](C(=O)OC(C)(C)C)Cc3ccc(cc3)OCc3cn2nn3)N(C(=O)[C@@H](NC(=O)[C@H](C)N(C)C(=O)OC(C)(C)C)C(C)(C)C)C1)C(C)(C)C)N(C)C(=O)OC(C)(C)C. The summed E-state index contributed by atoms with van der Waals surface area (Å²) in [5.74, 6) is -0.850. The second-order valence-corrected chi connectivity index (χ2v) is 38.7. The van der Waals surface area contributed by atoms with Gasteiger partial charge >= 0.3 is 18.2 Å². The Hall–Kier alpha value is -13.1. The van der Waals surface area contributed by atoms with E-state index in [4.69, 9.17) is 29.5 Å². The molecule has 11 amide bonds. The van der Waals surface area contributed by atoms with E-state index < -0.39 is 171 Å². The van der Waals surface area contributed by atoms with E-state index in [1.807, 2.05) is 84.9 Å². The second kappa shape index (κ2) is 40.1. The van der Waals surface area contributed by atoms with Gasteiger partial charge in [0.2, 0.25) is 47.3 Å². The van der Waals surface area contributed by atoms with Crippen LogP contribution in [-0.4, -0.2) is 225 Å². The maximum atomic E-state index is 15.7. The predicted octanol–water partition coefficient (Wildman–Crippen LogP) is 7.75. The van der Waals surface area contributed by atoms with Gasteiger partial charge in [0.1, 0.15) is 113 Å². The lowest BCUT2D eigenvalue weighted by molar-refractivity contribution is -0.158. The number of aromatic nitrogens is 6. The van der Waals surface area contributed by atoms with Crippen molar-refractivity contribution in [3.8, 4) is 11.5 Å². The van der Waals surface area contributed by atoms with Gasteiger partial charge in [-0.15, -0.1) is 10.2 Å². The molecule has 0 unspecified atom stereocenters. The molecule has 14 rings (SSSR count). The molecule has 6 aliphatic heterocycles. The lowest BCUT2D eigenvalue weighted by Gasteiger charge is -2.37. The van der Waals surface area contributed by atoms with E-state index in [9.17, 15) is 28.8 Å². The van der Waals surface area contributed by atoms with E-state index in [1.54, 1.807) is 165 Å². The average molecular weight is 1780 g/mol. The number of likely N-dealkylation sites (N-methyl/N-ethyl adjacent to an activating group) is 2. The van der Waals surface area contributed by atoms with Crippen molar-refractivity contribution in [1.29, 1.82) is 0 Å². The normalized spacial score (nSPS) is 20.4. The van der Waals surface area contributed by atoms with Crippen molar-refractivity contribution in [2.45, 2.75) is 259 Å². The molecule has 35 heteroatoms. The van der Waals surface area contributed by atoms with Crippen LogP contribution >= 0.6 is 0 Å². The largest absolute Gasteiger partial charge is 0.487 e. The Morgan fingerprint density at radius 1 is 0.481 bits per heavy atom. The summed E-state index contributed by atoms with van der Waals surface area (Å²) >= 11 is 0. The second-order valence-electron chi connectivity index (χ2n) is 38.7. The molecule has 2 saturated heterocycles. The Kier molecular flexibility index (Phi) is 30.0. The van der Waals surface area contributed by atoms with Crippen molar-refractivity contribution >= 4 is 92.9 Å². The van der Waals surface area contributed by atoms with E-state index in [1.165, 1.54) is 47.1 Å². The van der Waals surface area contributed by atoms with Crippen molar-refractivity contribution in [2.24, 2.45) is 16.7 Å². The summed E-state index contributed by atoms with van der Waals surface area (Å²) in [5, 5.41) is 38.9. The van der Waals surface area contributed by atoms with Gasteiger partial charge in [0, 0.05) is 65.7 Å². The molecule has 35 nitrogen and oxygen atoms in total. The van der Waals surface area contributed by atoms with E-state index in [0.717, 1.165) is 31.3 Å². The Morgan fingerprint density at radius 3 is 1.21 bits per heavy atom. The molecular formula is C94H122N18O17. The molecule has 8 heterocycles. The van der Waals surface area contributed by atoms with E-state index in [-0.39, 0.29) is 64.8 Å². The van der Waals surface area contributed by atoms with Gasteiger partial charge in [-0.1, -0.05) is 161 Å². The topological polar surface area (TPSA) is 436 Å². The van der Waals surface area contributed by atoms with Crippen LogP contribution in [0.2, 0.25) is 0 Å². The number of hydrazine groups is 1. The summed E-state index contributed by atoms with van der Waals surface area (Å²) in [6.07, 6.45) is 0.980. The summed E-state index contributed by atoms with van der Waals surface area (Å²) in [6.45, 7) is 28.0. The highest BCUT2D eigenvalue weighted by Crippen LogP contribution is 2.35. The molecular weight excluding hydrogens is 1650 g/mol. The van der Waals surface area contributed by atoms with Crippen LogP contribution in [0.4, 0.5) is 9.59 Å². The van der Waals surface area contributed by atoms with Crippen molar-refractivity contribution in [2.75, 3.05) is 27.2 Å². The van der Waals surface area contributed by atoms with Gasteiger partial charge in [-0.2, -0.15) is 0 Å². The molecule has 9 N–H and O–H groups in total. The highest BCUT2D eigenvalue weighted by Gasteiger charge is 2.50. The van der Waals surface area contributed by atoms with Crippen LogP contribution in [0.25, 0.3) is 21.5 Å². The van der Waals surface area contributed by atoms with Gasteiger partial charge < -0.3 is 65.4 Å². The third-order valence-electron chi connectivity index (χ3n) is 22.7. The Morgan fingerprint density at radius 2 is 0.845 bits per heavy atom.